The molecule has 1 aromatic heterocycles. The minimum atomic E-state index is -1.02. The van der Waals surface area contributed by atoms with Crippen LogP contribution in [0.15, 0.2) is 24.4 Å². The summed E-state index contributed by atoms with van der Waals surface area (Å²) < 4.78 is 16.5. The van der Waals surface area contributed by atoms with Crippen LogP contribution in [0.3, 0.4) is 0 Å². The first-order chi connectivity index (χ1) is 15.3. The molecule has 2 atom stereocenters. The van der Waals surface area contributed by atoms with Crippen LogP contribution in [0.1, 0.15) is 44.9 Å². The number of carbonyl (C=O) groups is 2. The summed E-state index contributed by atoms with van der Waals surface area (Å²) in [7, 11) is 3.14. The molecule has 32 heavy (non-hydrogen) atoms. The third kappa shape index (κ3) is 5.03. The minimum absolute atomic E-state index is 0.0346. The Morgan fingerprint density at radius 1 is 1.31 bits per heavy atom. The number of aromatic nitrogens is 1. The number of nitrogens with zero attached hydrogens (tertiary/aromatic N) is 3. The van der Waals surface area contributed by atoms with Gasteiger partial charge in [-0.1, -0.05) is 19.9 Å². The van der Waals surface area contributed by atoms with Crippen molar-refractivity contribution in [3.63, 3.8) is 0 Å². The molecule has 1 fully saturated rings. The highest BCUT2D eigenvalue weighted by Crippen LogP contribution is 2.41. The van der Waals surface area contributed by atoms with E-state index in [0.717, 1.165) is 24.1 Å². The predicted molar refractivity (Wildman–Crippen MR) is 120 cm³/mol. The minimum Gasteiger partial charge on any atom is -0.364 e. The van der Waals surface area contributed by atoms with Crippen LogP contribution in [0.4, 0.5) is 0 Å². The van der Waals surface area contributed by atoms with Crippen LogP contribution in [0.2, 0.25) is 0 Å². The van der Waals surface area contributed by atoms with Crippen LogP contribution in [-0.4, -0.2) is 79.1 Å². The second kappa shape index (κ2) is 10.6. The highest BCUT2D eigenvalue weighted by atomic mass is 16.7. The van der Waals surface area contributed by atoms with Crippen molar-refractivity contribution in [3.8, 4) is 0 Å². The molecule has 2 aliphatic rings. The number of β-lactam (4-membered cyclic amide) rings is 1. The van der Waals surface area contributed by atoms with Gasteiger partial charge < -0.3 is 24.0 Å². The lowest BCUT2D eigenvalue weighted by molar-refractivity contribution is -0.235. The molecule has 8 heteroatoms. The topological polar surface area (TPSA) is 81.2 Å². The summed E-state index contributed by atoms with van der Waals surface area (Å²) in [6.07, 6.45) is 5.83. The largest absolute Gasteiger partial charge is 0.364 e. The zero-order valence-corrected chi connectivity index (χ0v) is 19.8. The van der Waals surface area contributed by atoms with Crippen LogP contribution >= 0.6 is 0 Å². The Labute approximate surface area is 190 Å². The van der Waals surface area contributed by atoms with E-state index in [2.05, 4.69) is 24.9 Å². The fourth-order valence-corrected chi connectivity index (χ4v) is 4.59. The molecule has 0 spiro atoms. The van der Waals surface area contributed by atoms with Crippen molar-refractivity contribution in [2.45, 2.75) is 51.7 Å². The van der Waals surface area contributed by atoms with E-state index in [9.17, 15) is 9.59 Å². The molecule has 3 rings (SSSR count). The number of pyridine rings is 1. The summed E-state index contributed by atoms with van der Waals surface area (Å²) in [5, 5.41) is 0. The van der Waals surface area contributed by atoms with Gasteiger partial charge in [-0.05, 0) is 42.0 Å². The molecule has 1 saturated heterocycles. The average Bonchev–Trinajstić information content (AvgIpc) is 2.79. The molecule has 2 aliphatic heterocycles. The molecule has 3 heterocycles. The third-order valence-electron chi connectivity index (χ3n) is 6.22. The summed E-state index contributed by atoms with van der Waals surface area (Å²) in [6, 6.07) is 3.90. The number of methoxy groups -OCH3 is 2. The quantitative estimate of drug-likeness (QED) is 0.407. The number of likely N-dealkylation sites (tertiary alicyclic amines) is 1. The smallest absolute Gasteiger partial charge is 0.259 e. The third-order valence-corrected chi connectivity index (χ3v) is 6.22. The Bertz CT molecular complexity index is 856. The average molecular weight is 446 g/mol. The van der Waals surface area contributed by atoms with Crippen molar-refractivity contribution in [2.24, 2.45) is 5.92 Å². The Balaban J connectivity index is 1.85. The van der Waals surface area contributed by atoms with E-state index in [1.165, 1.54) is 5.57 Å². The number of hydrogen-bond acceptors (Lipinski definition) is 6. The molecule has 0 bridgehead atoms. The van der Waals surface area contributed by atoms with E-state index >= 15 is 0 Å². The lowest BCUT2D eigenvalue weighted by atomic mass is 9.74. The van der Waals surface area contributed by atoms with E-state index in [0.29, 0.717) is 25.4 Å². The normalized spacial score (nSPS) is 23.4. The van der Waals surface area contributed by atoms with Gasteiger partial charge in [0.05, 0.1) is 6.04 Å². The van der Waals surface area contributed by atoms with Gasteiger partial charge in [0.1, 0.15) is 13.5 Å². The van der Waals surface area contributed by atoms with Crippen molar-refractivity contribution >= 4 is 17.4 Å². The fourth-order valence-electron chi connectivity index (χ4n) is 4.59. The Kier molecular flexibility index (Phi) is 8.03. The predicted octanol–water partition coefficient (Wildman–Crippen LogP) is 2.48. The van der Waals surface area contributed by atoms with Gasteiger partial charge in [0.15, 0.2) is 5.60 Å². The van der Waals surface area contributed by atoms with Gasteiger partial charge in [0.25, 0.3) is 5.91 Å². The summed E-state index contributed by atoms with van der Waals surface area (Å²) in [6.45, 7) is 7.46. The molecule has 0 unspecified atom stereocenters. The van der Waals surface area contributed by atoms with Crippen LogP contribution in [0.5, 0.6) is 0 Å². The number of ether oxygens (including phenoxy) is 3. The zero-order chi connectivity index (χ0) is 23.3. The van der Waals surface area contributed by atoms with Crippen LogP contribution in [0.25, 0.3) is 5.57 Å². The van der Waals surface area contributed by atoms with E-state index < -0.39 is 5.60 Å². The molecular weight excluding hydrogens is 410 g/mol. The summed E-state index contributed by atoms with van der Waals surface area (Å²) in [4.78, 5) is 33.0. The number of carbonyl (C=O) groups excluding carboxylic acids is 2. The van der Waals surface area contributed by atoms with E-state index in [1.807, 2.05) is 17.0 Å². The summed E-state index contributed by atoms with van der Waals surface area (Å²) in [5.41, 5.74) is 2.04. The van der Waals surface area contributed by atoms with Crippen molar-refractivity contribution in [1.29, 1.82) is 0 Å². The molecule has 0 aliphatic carbocycles. The number of amides is 2. The molecule has 0 aromatic carbocycles. The van der Waals surface area contributed by atoms with Gasteiger partial charge in [-0.2, -0.15) is 0 Å². The maximum atomic E-state index is 13.3. The monoisotopic (exact) mass is 445 g/mol. The highest BCUT2D eigenvalue weighted by Gasteiger charge is 2.61. The van der Waals surface area contributed by atoms with Crippen LogP contribution in [-0.2, 0) is 30.2 Å². The molecule has 8 nitrogen and oxygen atoms in total. The van der Waals surface area contributed by atoms with Gasteiger partial charge in [-0.15, -0.1) is 0 Å². The van der Waals surface area contributed by atoms with Crippen molar-refractivity contribution in [3.05, 3.63) is 35.7 Å². The first kappa shape index (κ1) is 24.4. The Morgan fingerprint density at radius 3 is 2.69 bits per heavy atom. The Hall–Kier alpha value is -2.29. The summed E-state index contributed by atoms with van der Waals surface area (Å²) in [5.74, 6) is 0.380. The van der Waals surface area contributed by atoms with Gasteiger partial charge in [0, 0.05) is 52.5 Å². The van der Waals surface area contributed by atoms with E-state index in [1.54, 1.807) is 32.2 Å². The van der Waals surface area contributed by atoms with Crippen LogP contribution < -0.4 is 0 Å². The summed E-state index contributed by atoms with van der Waals surface area (Å²) >= 11 is 0. The second-order valence-electron chi connectivity index (χ2n) is 8.94. The van der Waals surface area contributed by atoms with Gasteiger partial charge in [0.2, 0.25) is 5.91 Å². The number of rotatable bonds is 10. The highest BCUT2D eigenvalue weighted by molar-refractivity contribution is 5.93. The molecule has 0 N–H and O–H groups in total. The van der Waals surface area contributed by atoms with Gasteiger partial charge in [-0.3, -0.25) is 14.6 Å². The molecule has 2 amide bonds. The van der Waals surface area contributed by atoms with Crippen molar-refractivity contribution in [1.82, 2.24) is 14.8 Å². The number of hydrogen-bond donors (Lipinski definition) is 0. The maximum Gasteiger partial charge on any atom is 0.259 e. The van der Waals surface area contributed by atoms with Gasteiger partial charge >= 0.3 is 0 Å². The SMILES string of the molecule is COCO[C@@]1(Cc2cc(C3=CCN(C(C)=O)CC3)ccn2)C(=O)N(COC)[C@H]1CC(C)C. The van der Waals surface area contributed by atoms with Crippen molar-refractivity contribution < 1.29 is 23.8 Å². The first-order valence-corrected chi connectivity index (χ1v) is 11.1. The molecule has 0 radical (unpaired) electrons. The van der Waals surface area contributed by atoms with Gasteiger partial charge in [-0.25, -0.2) is 0 Å². The Morgan fingerprint density at radius 2 is 2.09 bits per heavy atom. The lowest BCUT2D eigenvalue weighted by Crippen LogP contribution is -2.76. The zero-order valence-electron chi connectivity index (χ0n) is 19.8. The van der Waals surface area contributed by atoms with Crippen molar-refractivity contribution in [2.75, 3.05) is 40.8 Å². The standard InChI is InChI=1S/C24H35N3O5/c1-17(2)12-22-24(32-16-31-5,23(29)27(22)15-30-4)14-21-13-20(6-9-25-21)19-7-10-26(11-8-19)18(3)28/h6-7,9,13,17,22H,8,10-12,14-16H2,1-5H3/t22-,24+/m0/s1. The fraction of sp³-hybridized carbons (Fsp3) is 0.625. The second-order valence-corrected chi connectivity index (χ2v) is 8.94. The van der Waals surface area contributed by atoms with E-state index in [4.69, 9.17) is 14.2 Å². The molecular formula is C24H35N3O5. The first-order valence-electron chi connectivity index (χ1n) is 11.1. The van der Waals surface area contributed by atoms with Crippen LogP contribution in [0, 0.1) is 5.92 Å². The van der Waals surface area contributed by atoms with E-state index in [-0.39, 0.29) is 31.4 Å². The maximum absolute atomic E-state index is 13.3. The molecule has 1 aromatic rings. The lowest BCUT2D eigenvalue weighted by Gasteiger charge is -2.55. The molecule has 176 valence electrons. The molecule has 0 saturated carbocycles.